The zero-order valence-electron chi connectivity index (χ0n) is 37.2. The van der Waals surface area contributed by atoms with Crippen molar-refractivity contribution in [2.45, 2.75) is 0 Å². The van der Waals surface area contributed by atoms with Crippen molar-refractivity contribution in [1.29, 1.82) is 0 Å². The summed E-state index contributed by atoms with van der Waals surface area (Å²) in [4.78, 5) is 4.81. The largest absolute Gasteiger partial charge is 0.456 e. The maximum Gasteiger partial charge on any atom is 0.137 e. The summed E-state index contributed by atoms with van der Waals surface area (Å²) >= 11 is 0. The molecule has 69 heavy (non-hydrogen) atoms. The molecule has 4 heterocycles. The summed E-state index contributed by atoms with van der Waals surface area (Å²) in [5, 5.41) is 11.5. The highest BCUT2D eigenvalue weighted by Gasteiger charge is 2.27. The molecule has 0 spiro atoms. The van der Waals surface area contributed by atoms with Gasteiger partial charge in [0.05, 0.1) is 44.4 Å². The van der Waals surface area contributed by atoms with Crippen LogP contribution < -0.4 is 9.80 Å². The first kappa shape index (κ1) is 37.9. The highest BCUT2D eigenvalue weighted by molar-refractivity contribution is 6.29. The van der Waals surface area contributed by atoms with Gasteiger partial charge in [-0.2, -0.15) is 0 Å². The van der Waals surface area contributed by atoms with Gasteiger partial charge in [-0.1, -0.05) is 140 Å². The van der Waals surface area contributed by atoms with Crippen LogP contribution in [0.25, 0.3) is 104 Å². The molecule has 15 aromatic rings. The number of nitrogens with zero attached hydrogens (tertiary/aromatic N) is 3. The first-order valence-electron chi connectivity index (χ1n) is 23.5. The maximum atomic E-state index is 6.51. The SMILES string of the molecule is c1ccc(-c2ccc3c4c(N(c5ccccc5)c5cccc6oc7ccccc7c56)ccc5c6cc7ccc(N(c8ccccc8)c8cccc9oc%10ccccc%10c89)cc7cc6n(c3c2)c54)cc1. The normalized spacial score (nSPS) is 12.1. The second-order valence-corrected chi connectivity index (χ2v) is 18.0. The lowest BCUT2D eigenvalue weighted by molar-refractivity contribution is 0.668. The molecule has 0 atom stereocenters. The van der Waals surface area contributed by atoms with Crippen LogP contribution in [0.4, 0.5) is 34.1 Å². The molecule has 0 N–H and O–H groups in total. The Labute approximate surface area is 395 Å². The number of benzene rings is 11. The van der Waals surface area contributed by atoms with Crippen molar-refractivity contribution in [3.8, 4) is 11.1 Å². The Morgan fingerprint density at radius 3 is 1.52 bits per heavy atom. The first-order chi connectivity index (χ1) is 34.2. The summed E-state index contributed by atoms with van der Waals surface area (Å²) in [5.41, 5.74) is 15.8. The van der Waals surface area contributed by atoms with Crippen LogP contribution in [0.5, 0.6) is 0 Å². The van der Waals surface area contributed by atoms with E-state index in [1.165, 1.54) is 54.6 Å². The molecule has 0 saturated carbocycles. The average Bonchev–Trinajstić information content (AvgIpc) is 4.17. The number of rotatable bonds is 7. The van der Waals surface area contributed by atoms with Crippen molar-refractivity contribution in [3.05, 3.63) is 237 Å². The Hall–Kier alpha value is -9.32. The molecule has 0 saturated heterocycles. The minimum atomic E-state index is 0.862. The molecule has 4 aromatic heterocycles. The predicted molar refractivity (Wildman–Crippen MR) is 288 cm³/mol. The number of hydrogen-bond donors (Lipinski definition) is 0. The lowest BCUT2D eigenvalue weighted by atomic mass is 9.99. The number of hydrogen-bond acceptors (Lipinski definition) is 4. The molecule has 11 aromatic carbocycles. The molecule has 0 amide bonds. The number of fused-ring (bicyclic) bond motifs is 13. The van der Waals surface area contributed by atoms with Gasteiger partial charge in [0.25, 0.3) is 0 Å². The highest BCUT2D eigenvalue weighted by Crippen LogP contribution is 2.51. The van der Waals surface area contributed by atoms with E-state index in [1.807, 2.05) is 12.1 Å². The van der Waals surface area contributed by atoms with Crippen molar-refractivity contribution in [3.63, 3.8) is 0 Å². The van der Waals surface area contributed by atoms with Gasteiger partial charge in [-0.25, -0.2) is 0 Å². The Balaban J connectivity index is 1.01. The summed E-state index contributed by atoms with van der Waals surface area (Å²) in [7, 11) is 0. The zero-order chi connectivity index (χ0) is 45.2. The van der Waals surface area contributed by atoms with Gasteiger partial charge < -0.3 is 23.0 Å². The molecule has 322 valence electrons. The first-order valence-corrected chi connectivity index (χ1v) is 23.5. The molecule has 0 aliphatic rings. The van der Waals surface area contributed by atoms with Crippen LogP contribution in [0.2, 0.25) is 0 Å². The lowest BCUT2D eigenvalue weighted by Crippen LogP contribution is -2.10. The summed E-state index contributed by atoms with van der Waals surface area (Å²) in [5.74, 6) is 0. The van der Waals surface area contributed by atoms with Crippen molar-refractivity contribution in [2.75, 3.05) is 9.80 Å². The van der Waals surface area contributed by atoms with E-state index in [0.29, 0.717) is 0 Å². The zero-order valence-corrected chi connectivity index (χ0v) is 37.2. The highest BCUT2D eigenvalue weighted by atomic mass is 16.3. The molecule has 15 rings (SSSR count). The minimum Gasteiger partial charge on any atom is -0.456 e. The fourth-order valence-corrected chi connectivity index (χ4v) is 11.3. The summed E-state index contributed by atoms with van der Waals surface area (Å²) < 4.78 is 15.5. The quantitative estimate of drug-likeness (QED) is 0.160. The van der Waals surface area contributed by atoms with Gasteiger partial charge >= 0.3 is 0 Å². The van der Waals surface area contributed by atoms with Gasteiger partial charge in [0.1, 0.15) is 22.3 Å². The number of furan rings is 2. The smallest absolute Gasteiger partial charge is 0.137 e. The average molecular weight is 882 g/mol. The predicted octanol–water partition coefficient (Wildman–Crippen LogP) is 18.4. The van der Waals surface area contributed by atoms with Crippen LogP contribution >= 0.6 is 0 Å². The van der Waals surface area contributed by atoms with Gasteiger partial charge in [-0.05, 0) is 119 Å². The molecule has 0 radical (unpaired) electrons. The fourth-order valence-electron chi connectivity index (χ4n) is 11.3. The maximum absolute atomic E-state index is 6.51. The number of aromatic nitrogens is 1. The van der Waals surface area contributed by atoms with Crippen LogP contribution in [-0.4, -0.2) is 4.40 Å². The third-order valence-corrected chi connectivity index (χ3v) is 14.2. The molecule has 0 aliphatic carbocycles. The summed E-state index contributed by atoms with van der Waals surface area (Å²) in [6.45, 7) is 0. The minimum absolute atomic E-state index is 0.862. The van der Waals surface area contributed by atoms with Crippen molar-refractivity contribution in [2.24, 2.45) is 0 Å². The van der Waals surface area contributed by atoms with Gasteiger partial charge in [0, 0.05) is 49.4 Å². The third-order valence-electron chi connectivity index (χ3n) is 14.2. The summed E-state index contributed by atoms with van der Waals surface area (Å²) in [6.07, 6.45) is 0. The summed E-state index contributed by atoms with van der Waals surface area (Å²) in [6, 6.07) is 85.0. The van der Waals surface area contributed by atoms with E-state index in [0.717, 1.165) is 83.4 Å². The van der Waals surface area contributed by atoms with Crippen molar-refractivity contribution >= 4 is 127 Å². The van der Waals surface area contributed by atoms with Crippen molar-refractivity contribution < 1.29 is 8.83 Å². The number of para-hydroxylation sites is 4. The van der Waals surface area contributed by atoms with Crippen molar-refractivity contribution in [1.82, 2.24) is 4.40 Å². The van der Waals surface area contributed by atoms with E-state index in [1.54, 1.807) is 0 Å². The van der Waals surface area contributed by atoms with Crippen LogP contribution in [0, 0.1) is 0 Å². The molecule has 5 heteroatoms. The molecular formula is C64H39N3O2. The van der Waals surface area contributed by atoms with Gasteiger partial charge in [0.2, 0.25) is 0 Å². The van der Waals surface area contributed by atoms with Gasteiger partial charge in [-0.3, -0.25) is 0 Å². The molecular weight excluding hydrogens is 843 g/mol. The van der Waals surface area contributed by atoms with Gasteiger partial charge in [-0.15, -0.1) is 0 Å². The monoisotopic (exact) mass is 881 g/mol. The van der Waals surface area contributed by atoms with Crippen LogP contribution in [0.3, 0.4) is 0 Å². The molecule has 0 fully saturated rings. The Morgan fingerprint density at radius 2 is 0.841 bits per heavy atom. The van der Waals surface area contributed by atoms with E-state index in [-0.39, 0.29) is 0 Å². The van der Waals surface area contributed by atoms with E-state index in [9.17, 15) is 0 Å². The second kappa shape index (κ2) is 14.6. The van der Waals surface area contributed by atoms with E-state index in [4.69, 9.17) is 8.83 Å². The molecule has 0 bridgehead atoms. The second-order valence-electron chi connectivity index (χ2n) is 18.0. The van der Waals surface area contributed by atoms with Gasteiger partial charge in [0.15, 0.2) is 0 Å². The third kappa shape index (κ3) is 5.59. The Bertz CT molecular complexity index is 4490. The number of anilines is 6. The molecule has 0 aliphatic heterocycles. The van der Waals surface area contributed by atoms with E-state index >= 15 is 0 Å². The van der Waals surface area contributed by atoms with Crippen LogP contribution in [0.1, 0.15) is 0 Å². The van der Waals surface area contributed by atoms with Crippen LogP contribution in [0.15, 0.2) is 245 Å². The Kier molecular flexibility index (Phi) is 8.00. The van der Waals surface area contributed by atoms with E-state index in [2.05, 4.69) is 239 Å². The van der Waals surface area contributed by atoms with Crippen LogP contribution in [-0.2, 0) is 0 Å². The Morgan fingerprint density at radius 1 is 0.290 bits per heavy atom. The lowest BCUT2D eigenvalue weighted by Gasteiger charge is -2.27. The standard InChI is InChI=1S/C64H39N3O2/c1-4-16-40(17-5-1)42-31-33-48-55(38-42)67-56-39-43-36-46(65(44-18-6-2-7-19-44)52-24-14-28-59-61(52)49-22-10-12-26-57(49)68-59)32-30-41(43)37-51(56)47-34-35-54(63(48)64(47)67)66(45-20-8-3-9-21-45)53-25-15-29-60-62(53)50-23-11-13-27-58(50)69-60/h1-39H. The molecule has 5 nitrogen and oxygen atoms in total. The topological polar surface area (TPSA) is 37.2 Å². The fraction of sp³-hybridized carbons (Fsp3) is 0. The molecule has 0 unspecified atom stereocenters. The van der Waals surface area contributed by atoms with E-state index < -0.39 is 0 Å².